The normalized spacial score (nSPS) is 32.4. The van der Waals surface area contributed by atoms with Gasteiger partial charge in [0.1, 0.15) is 11.4 Å². The molecular weight excluding hydrogens is 326 g/mol. The number of ketones is 1. The molecule has 0 aromatic heterocycles. The number of aliphatic hydroxyl groups is 1. The molecule has 0 aliphatic carbocycles. The second-order valence-corrected chi connectivity index (χ2v) is 6.51. The van der Waals surface area contributed by atoms with Crippen molar-refractivity contribution in [1.82, 2.24) is 0 Å². The van der Waals surface area contributed by atoms with Crippen LogP contribution in [0, 0.1) is 11.8 Å². The van der Waals surface area contributed by atoms with E-state index >= 15 is 0 Å². The zero-order valence-electron chi connectivity index (χ0n) is 13.8. The summed E-state index contributed by atoms with van der Waals surface area (Å²) in [7, 11) is 1.43. The van der Waals surface area contributed by atoms with Gasteiger partial charge in [-0.1, -0.05) is 12.2 Å². The summed E-state index contributed by atoms with van der Waals surface area (Å²) in [5.41, 5.74) is -0.530. The number of ether oxygens (including phenoxy) is 2. The predicted octanol–water partition coefficient (Wildman–Crippen LogP) is 0.703. The molecule has 2 amide bonds. The molecule has 1 aromatic rings. The van der Waals surface area contributed by atoms with Gasteiger partial charge in [0.05, 0.1) is 37.3 Å². The lowest BCUT2D eigenvalue weighted by atomic mass is 9.77. The van der Waals surface area contributed by atoms with Crippen LogP contribution in [0.5, 0.6) is 5.75 Å². The van der Waals surface area contributed by atoms with Crippen molar-refractivity contribution >= 4 is 23.3 Å². The van der Waals surface area contributed by atoms with Crippen LogP contribution in [0.4, 0.5) is 5.69 Å². The van der Waals surface area contributed by atoms with E-state index < -0.39 is 35.4 Å². The fraction of sp³-hybridized carbons (Fsp3) is 0.389. The summed E-state index contributed by atoms with van der Waals surface area (Å²) >= 11 is 0. The van der Waals surface area contributed by atoms with Crippen molar-refractivity contribution in [3.63, 3.8) is 0 Å². The number of hydrogen-bond acceptors (Lipinski definition) is 6. The fourth-order valence-electron chi connectivity index (χ4n) is 4.01. The summed E-state index contributed by atoms with van der Waals surface area (Å²) in [6.45, 7) is 1.03. The van der Waals surface area contributed by atoms with Gasteiger partial charge in [0.15, 0.2) is 5.78 Å². The summed E-state index contributed by atoms with van der Waals surface area (Å²) in [6.07, 6.45) is 2.85. The van der Waals surface area contributed by atoms with Crippen molar-refractivity contribution in [3.8, 4) is 5.75 Å². The van der Waals surface area contributed by atoms with E-state index in [1.165, 1.54) is 20.1 Å². The lowest BCUT2D eigenvalue weighted by Crippen LogP contribution is -2.43. The molecule has 1 aromatic carbocycles. The maximum absolute atomic E-state index is 13.0. The lowest BCUT2D eigenvalue weighted by Gasteiger charge is -2.26. The number of carbonyl (C=O) groups is 3. The number of hydrogen-bond donors (Lipinski definition) is 1. The third-order valence-electron chi connectivity index (χ3n) is 5.23. The number of carbonyl (C=O) groups excluding carboxylic acids is 3. The maximum Gasteiger partial charge on any atom is 0.241 e. The van der Waals surface area contributed by atoms with Gasteiger partial charge in [0.25, 0.3) is 0 Å². The molecular formula is C18H17NO6. The second kappa shape index (κ2) is 5.24. The van der Waals surface area contributed by atoms with Crippen LogP contribution in [0.1, 0.15) is 17.3 Å². The predicted molar refractivity (Wildman–Crippen MR) is 86.3 cm³/mol. The molecule has 4 rings (SSSR count). The number of fused-ring (bicyclic) bond motifs is 5. The highest BCUT2D eigenvalue weighted by atomic mass is 16.5. The van der Waals surface area contributed by atoms with E-state index in [4.69, 9.17) is 9.47 Å². The van der Waals surface area contributed by atoms with Gasteiger partial charge in [-0.25, -0.2) is 4.90 Å². The molecule has 3 aliphatic rings. The largest absolute Gasteiger partial charge is 0.495 e. The number of nitrogens with zero attached hydrogens (tertiary/aromatic N) is 1. The minimum absolute atomic E-state index is 0.180. The van der Waals surface area contributed by atoms with Crippen LogP contribution in [-0.4, -0.2) is 48.1 Å². The molecule has 3 heterocycles. The molecule has 25 heavy (non-hydrogen) atoms. The van der Waals surface area contributed by atoms with Crippen LogP contribution in [0.2, 0.25) is 0 Å². The maximum atomic E-state index is 13.0. The SMILES string of the molecule is COc1ccc(C(C)=O)cc1N1C(=O)[C@H]2[C@@H](C1=O)[C@@]1(CO)C=C[C@H]2O1. The highest BCUT2D eigenvalue weighted by Crippen LogP contribution is 2.53. The summed E-state index contributed by atoms with van der Waals surface area (Å²) in [5.74, 6) is -2.15. The van der Waals surface area contributed by atoms with E-state index in [0.29, 0.717) is 11.3 Å². The molecule has 4 atom stereocenters. The average Bonchev–Trinajstić information content (AvgIpc) is 3.25. The Labute approximate surface area is 143 Å². The van der Waals surface area contributed by atoms with Crippen molar-refractivity contribution in [2.24, 2.45) is 11.8 Å². The third-order valence-corrected chi connectivity index (χ3v) is 5.23. The highest BCUT2D eigenvalue weighted by Gasteiger charge is 2.67. The molecule has 7 nitrogen and oxygen atoms in total. The number of methoxy groups -OCH3 is 1. The van der Waals surface area contributed by atoms with Gasteiger partial charge in [-0.2, -0.15) is 0 Å². The number of aliphatic hydroxyl groups excluding tert-OH is 1. The number of rotatable bonds is 4. The van der Waals surface area contributed by atoms with Gasteiger partial charge in [-0.05, 0) is 25.1 Å². The van der Waals surface area contributed by atoms with Gasteiger partial charge in [-0.15, -0.1) is 0 Å². The van der Waals surface area contributed by atoms with Crippen molar-refractivity contribution in [2.45, 2.75) is 18.6 Å². The molecule has 0 spiro atoms. The summed E-state index contributed by atoms with van der Waals surface area (Å²) in [4.78, 5) is 38.8. The van der Waals surface area contributed by atoms with E-state index in [1.54, 1.807) is 24.3 Å². The van der Waals surface area contributed by atoms with Crippen molar-refractivity contribution < 1.29 is 29.0 Å². The van der Waals surface area contributed by atoms with Crippen LogP contribution in [0.15, 0.2) is 30.4 Å². The zero-order chi connectivity index (χ0) is 17.9. The van der Waals surface area contributed by atoms with Crippen molar-refractivity contribution in [3.05, 3.63) is 35.9 Å². The fourth-order valence-corrected chi connectivity index (χ4v) is 4.01. The van der Waals surface area contributed by atoms with E-state index in [1.807, 2.05) is 0 Å². The zero-order valence-corrected chi connectivity index (χ0v) is 13.8. The quantitative estimate of drug-likeness (QED) is 0.491. The Morgan fingerprint density at radius 1 is 1.36 bits per heavy atom. The number of amides is 2. The van der Waals surface area contributed by atoms with Crippen molar-refractivity contribution in [2.75, 3.05) is 18.6 Å². The Morgan fingerprint density at radius 2 is 2.12 bits per heavy atom. The van der Waals surface area contributed by atoms with Gasteiger partial charge < -0.3 is 14.6 Å². The van der Waals surface area contributed by atoms with E-state index in [0.717, 1.165) is 4.90 Å². The molecule has 2 bridgehead atoms. The Bertz CT molecular complexity index is 831. The number of imide groups is 1. The molecule has 0 radical (unpaired) electrons. The first-order chi connectivity index (χ1) is 11.9. The first-order valence-electron chi connectivity index (χ1n) is 7.98. The molecule has 130 valence electrons. The molecule has 1 N–H and O–H groups in total. The van der Waals surface area contributed by atoms with E-state index in [-0.39, 0.29) is 18.1 Å². The van der Waals surface area contributed by atoms with E-state index in [9.17, 15) is 19.5 Å². The smallest absolute Gasteiger partial charge is 0.241 e. The Balaban J connectivity index is 1.81. The van der Waals surface area contributed by atoms with E-state index in [2.05, 4.69) is 0 Å². The van der Waals surface area contributed by atoms with Gasteiger partial charge in [0, 0.05) is 5.56 Å². The van der Waals surface area contributed by atoms with Gasteiger partial charge in [0.2, 0.25) is 11.8 Å². The Hall–Kier alpha value is -2.51. The molecule has 7 heteroatoms. The Morgan fingerprint density at radius 3 is 2.76 bits per heavy atom. The standard InChI is InChI=1S/C18H17NO6/c1-9(21)10-3-4-12(24-2)11(7-10)19-16(22)14-13-5-6-18(8-20,25-13)15(14)17(19)23/h3-7,13-15,20H,8H2,1-2H3/t13-,14-,15+,18+/m1/s1. The number of Topliss-reactive ketones (excluding diaryl/α,β-unsaturated/α-hetero) is 1. The summed E-state index contributed by atoms with van der Waals surface area (Å²) in [6, 6.07) is 4.63. The molecule has 0 saturated carbocycles. The topological polar surface area (TPSA) is 93.1 Å². The van der Waals surface area contributed by atoms with Gasteiger partial charge in [-0.3, -0.25) is 14.4 Å². The highest BCUT2D eigenvalue weighted by molar-refractivity contribution is 6.24. The minimum Gasteiger partial charge on any atom is -0.495 e. The Kier molecular flexibility index (Phi) is 3.35. The third kappa shape index (κ3) is 1.96. The van der Waals surface area contributed by atoms with Crippen molar-refractivity contribution in [1.29, 1.82) is 0 Å². The van der Waals surface area contributed by atoms with Crippen LogP contribution in [0.3, 0.4) is 0 Å². The minimum atomic E-state index is -1.15. The number of benzene rings is 1. The monoisotopic (exact) mass is 343 g/mol. The van der Waals surface area contributed by atoms with Crippen LogP contribution in [-0.2, 0) is 14.3 Å². The molecule has 2 fully saturated rings. The second-order valence-electron chi connectivity index (χ2n) is 6.51. The van der Waals surface area contributed by atoms with Crippen LogP contribution in [0.25, 0.3) is 0 Å². The molecule has 2 saturated heterocycles. The van der Waals surface area contributed by atoms with Gasteiger partial charge >= 0.3 is 0 Å². The van der Waals surface area contributed by atoms with Crippen LogP contribution >= 0.6 is 0 Å². The average molecular weight is 343 g/mol. The lowest BCUT2D eigenvalue weighted by molar-refractivity contribution is -0.128. The first kappa shape index (κ1) is 16.0. The number of anilines is 1. The first-order valence-corrected chi connectivity index (χ1v) is 7.98. The van der Waals surface area contributed by atoms with Crippen LogP contribution < -0.4 is 9.64 Å². The molecule has 3 aliphatic heterocycles. The summed E-state index contributed by atoms with van der Waals surface area (Å²) < 4.78 is 11.0. The summed E-state index contributed by atoms with van der Waals surface area (Å²) in [5, 5.41) is 9.74. The molecule has 0 unspecified atom stereocenters.